The molecular weight excluding hydrogens is 474 g/mol. The van der Waals surface area contributed by atoms with Crippen molar-refractivity contribution < 1.29 is 4.42 Å². The Morgan fingerprint density at radius 1 is 0.641 bits per heavy atom. The number of furan rings is 1. The summed E-state index contributed by atoms with van der Waals surface area (Å²) in [6.07, 6.45) is 18.4. The van der Waals surface area contributed by atoms with E-state index in [1.807, 2.05) is 0 Å². The molecule has 0 radical (unpaired) electrons. The molecule has 0 N–H and O–H groups in total. The summed E-state index contributed by atoms with van der Waals surface area (Å²) >= 11 is 0. The van der Waals surface area contributed by atoms with Crippen LogP contribution in [0.25, 0.3) is 61.2 Å². The lowest BCUT2D eigenvalue weighted by Crippen LogP contribution is -1.94. The van der Waals surface area contributed by atoms with Gasteiger partial charge in [0.05, 0.1) is 11.0 Å². The molecule has 2 heterocycles. The summed E-state index contributed by atoms with van der Waals surface area (Å²) < 4.78 is 8.53. The standard InChI is InChI=1S/C37H27NO/c1-2-4-10-25(9-3-1)26-15-19-29(20-16-26)38-34-13-7-5-11-30(34)32-23-27(17-21-35(32)38)28-18-22-37-33(24-28)31-12-6-8-14-36(31)39-37/h1,3-7,9-13,15-24H,2,8,14H2. The van der Waals surface area contributed by atoms with E-state index in [0.29, 0.717) is 0 Å². The number of para-hydroxylation sites is 1. The number of fused-ring (bicyclic) bond motifs is 6. The van der Waals surface area contributed by atoms with E-state index in [2.05, 4.69) is 132 Å². The molecule has 0 saturated carbocycles. The first-order chi connectivity index (χ1) is 19.3. The van der Waals surface area contributed by atoms with E-state index in [0.717, 1.165) is 30.6 Å². The van der Waals surface area contributed by atoms with E-state index in [1.165, 1.54) is 60.7 Å². The molecule has 0 aliphatic heterocycles. The van der Waals surface area contributed by atoms with Crippen LogP contribution in [0.1, 0.15) is 29.7 Å². The average Bonchev–Trinajstić information content (AvgIpc) is 3.38. The fourth-order valence-corrected chi connectivity index (χ4v) is 6.14. The van der Waals surface area contributed by atoms with Crippen molar-refractivity contribution in [1.29, 1.82) is 0 Å². The monoisotopic (exact) mass is 501 g/mol. The highest BCUT2D eigenvalue weighted by Gasteiger charge is 2.17. The van der Waals surface area contributed by atoms with Crippen molar-refractivity contribution in [3.63, 3.8) is 0 Å². The van der Waals surface area contributed by atoms with Gasteiger partial charge in [0.1, 0.15) is 11.3 Å². The summed E-state index contributed by atoms with van der Waals surface area (Å²) in [6, 6.07) is 31.1. The van der Waals surface area contributed by atoms with Crippen LogP contribution in [0, 0.1) is 0 Å². The Hall–Kier alpha value is -4.82. The number of benzene rings is 4. The van der Waals surface area contributed by atoms with Gasteiger partial charge < -0.3 is 8.98 Å². The van der Waals surface area contributed by atoms with Crippen LogP contribution in [0.15, 0.2) is 126 Å². The highest BCUT2D eigenvalue weighted by atomic mass is 16.3. The Balaban J connectivity index is 1.26. The van der Waals surface area contributed by atoms with E-state index < -0.39 is 0 Å². The van der Waals surface area contributed by atoms with E-state index in [9.17, 15) is 0 Å². The molecule has 2 aliphatic rings. The molecular formula is C37H27NO. The van der Waals surface area contributed by atoms with E-state index in [1.54, 1.807) is 0 Å². The highest BCUT2D eigenvalue weighted by molar-refractivity contribution is 6.10. The summed E-state index contributed by atoms with van der Waals surface area (Å²) in [5.41, 5.74) is 10.7. The van der Waals surface area contributed by atoms with Gasteiger partial charge in [-0.05, 0) is 77.6 Å². The van der Waals surface area contributed by atoms with Crippen LogP contribution >= 0.6 is 0 Å². The fourth-order valence-electron chi connectivity index (χ4n) is 6.14. The van der Waals surface area contributed by atoms with Gasteiger partial charge in [-0.3, -0.25) is 0 Å². The molecule has 6 aromatic rings. The lowest BCUT2D eigenvalue weighted by molar-refractivity contribution is 0.546. The molecule has 2 aromatic heterocycles. The van der Waals surface area contributed by atoms with Crippen molar-refractivity contribution in [3.8, 4) is 16.8 Å². The van der Waals surface area contributed by atoms with Gasteiger partial charge in [-0.2, -0.15) is 0 Å². The molecule has 0 bridgehead atoms. The van der Waals surface area contributed by atoms with Gasteiger partial charge in [0.2, 0.25) is 0 Å². The zero-order valence-electron chi connectivity index (χ0n) is 21.6. The lowest BCUT2D eigenvalue weighted by Gasteiger charge is -2.10. The molecule has 2 nitrogen and oxygen atoms in total. The SMILES string of the molecule is C1=CCC=CC(c2ccc(-n3c4ccccc4c4cc(-c5ccc6oc7c(c6c5)C=CCC7)ccc43)cc2)=C1. The van der Waals surface area contributed by atoms with Gasteiger partial charge >= 0.3 is 0 Å². The average molecular weight is 502 g/mol. The van der Waals surface area contributed by atoms with E-state index in [4.69, 9.17) is 4.42 Å². The van der Waals surface area contributed by atoms with E-state index >= 15 is 0 Å². The van der Waals surface area contributed by atoms with Crippen molar-refractivity contribution in [1.82, 2.24) is 4.57 Å². The Kier molecular flexibility index (Phi) is 5.06. The molecule has 0 unspecified atom stereocenters. The third kappa shape index (κ3) is 3.64. The Morgan fingerprint density at radius 2 is 1.44 bits per heavy atom. The maximum atomic E-state index is 6.15. The Morgan fingerprint density at radius 3 is 2.36 bits per heavy atom. The quantitative estimate of drug-likeness (QED) is 0.236. The molecule has 2 aliphatic carbocycles. The van der Waals surface area contributed by atoms with Crippen LogP contribution in [0.3, 0.4) is 0 Å². The van der Waals surface area contributed by atoms with Crippen LogP contribution in [0.4, 0.5) is 0 Å². The van der Waals surface area contributed by atoms with Crippen molar-refractivity contribution in [2.24, 2.45) is 0 Å². The second kappa shape index (κ2) is 8.89. The lowest BCUT2D eigenvalue weighted by atomic mass is 9.98. The van der Waals surface area contributed by atoms with Crippen molar-refractivity contribution in [3.05, 3.63) is 138 Å². The first kappa shape index (κ1) is 22.2. The van der Waals surface area contributed by atoms with Crippen LogP contribution in [-0.4, -0.2) is 4.57 Å². The molecule has 0 spiro atoms. The Bertz CT molecular complexity index is 2020. The maximum Gasteiger partial charge on any atom is 0.134 e. The van der Waals surface area contributed by atoms with Crippen LogP contribution in [-0.2, 0) is 6.42 Å². The summed E-state index contributed by atoms with van der Waals surface area (Å²) in [6.45, 7) is 0. The fraction of sp³-hybridized carbons (Fsp3) is 0.0811. The normalized spacial score (nSPS) is 14.7. The van der Waals surface area contributed by atoms with Gasteiger partial charge in [-0.1, -0.05) is 85.0 Å². The number of hydrogen-bond acceptors (Lipinski definition) is 1. The van der Waals surface area contributed by atoms with Crippen LogP contribution in [0.2, 0.25) is 0 Å². The molecule has 2 heteroatoms. The molecule has 8 rings (SSSR count). The van der Waals surface area contributed by atoms with E-state index in [-0.39, 0.29) is 0 Å². The molecule has 0 atom stereocenters. The van der Waals surface area contributed by atoms with Gasteiger partial charge in [0.25, 0.3) is 0 Å². The topological polar surface area (TPSA) is 18.1 Å². The number of nitrogens with zero attached hydrogens (tertiary/aromatic N) is 1. The second-order valence-electron chi connectivity index (χ2n) is 10.4. The zero-order valence-corrected chi connectivity index (χ0v) is 21.6. The number of rotatable bonds is 3. The van der Waals surface area contributed by atoms with Gasteiger partial charge in [-0.15, -0.1) is 0 Å². The first-order valence-corrected chi connectivity index (χ1v) is 13.7. The minimum atomic E-state index is 0.975. The molecule has 4 aromatic carbocycles. The summed E-state index contributed by atoms with van der Waals surface area (Å²) in [7, 11) is 0. The molecule has 39 heavy (non-hydrogen) atoms. The second-order valence-corrected chi connectivity index (χ2v) is 10.4. The van der Waals surface area contributed by atoms with Gasteiger partial charge in [0, 0.05) is 33.8 Å². The summed E-state index contributed by atoms with van der Waals surface area (Å²) in [4.78, 5) is 0. The summed E-state index contributed by atoms with van der Waals surface area (Å²) in [5.74, 6) is 1.11. The molecule has 186 valence electrons. The first-order valence-electron chi connectivity index (χ1n) is 13.7. The van der Waals surface area contributed by atoms with Crippen LogP contribution < -0.4 is 0 Å². The van der Waals surface area contributed by atoms with Gasteiger partial charge in [0.15, 0.2) is 0 Å². The smallest absolute Gasteiger partial charge is 0.134 e. The zero-order chi connectivity index (χ0) is 25.8. The maximum absolute atomic E-state index is 6.15. The van der Waals surface area contributed by atoms with Crippen molar-refractivity contribution in [2.75, 3.05) is 0 Å². The summed E-state index contributed by atoms with van der Waals surface area (Å²) in [5, 5.41) is 3.73. The third-order valence-corrected chi connectivity index (χ3v) is 8.07. The van der Waals surface area contributed by atoms with Crippen molar-refractivity contribution in [2.45, 2.75) is 19.3 Å². The highest BCUT2D eigenvalue weighted by Crippen LogP contribution is 2.38. The number of hydrogen-bond donors (Lipinski definition) is 0. The number of aryl methyl sites for hydroxylation is 1. The number of allylic oxidation sites excluding steroid dienone is 7. The minimum Gasteiger partial charge on any atom is -0.460 e. The predicted molar refractivity (Wildman–Crippen MR) is 164 cm³/mol. The molecule has 0 fully saturated rings. The third-order valence-electron chi connectivity index (χ3n) is 8.07. The number of aromatic nitrogens is 1. The predicted octanol–water partition coefficient (Wildman–Crippen LogP) is 10.1. The minimum absolute atomic E-state index is 0.975. The van der Waals surface area contributed by atoms with Crippen LogP contribution in [0.5, 0.6) is 0 Å². The molecule has 0 amide bonds. The molecule has 0 saturated heterocycles. The Labute approximate surface area is 227 Å². The largest absolute Gasteiger partial charge is 0.460 e. The van der Waals surface area contributed by atoms with Gasteiger partial charge in [-0.25, -0.2) is 0 Å². The van der Waals surface area contributed by atoms with Crippen molar-refractivity contribution >= 4 is 44.4 Å².